The van der Waals surface area contributed by atoms with Crippen molar-refractivity contribution in [2.45, 2.75) is 6.92 Å². The van der Waals surface area contributed by atoms with Gasteiger partial charge in [-0.1, -0.05) is 42.5 Å². The smallest absolute Gasteiger partial charge is 0.0233 e. The average Bonchev–Trinajstić information content (AvgIpc) is 1.90. The molecular weight excluding hydrogens is 124 g/mol. The van der Waals surface area contributed by atoms with Crippen LogP contribution in [0.15, 0.2) is 36.9 Å². The summed E-state index contributed by atoms with van der Waals surface area (Å²) in [6.45, 7) is 5.83. The van der Waals surface area contributed by atoms with Crippen LogP contribution in [-0.2, 0) is 0 Å². The first-order valence-electron chi connectivity index (χ1n) is 3.01. The Bertz CT molecular complexity index is 201. The van der Waals surface area contributed by atoms with Crippen molar-refractivity contribution < 1.29 is 5.48 Å². The van der Waals surface area contributed by atoms with Crippen LogP contribution < -0.4 is 0 Å². The van der Waals surface area contributed by atoms with Gasteiger partial charge >= 0.3 is 0 Å². The number of hydrogen-bond acceptors (Lipinski definition) is 0. The molecular formula is C9H12O. The molecule has 1 aromatic rings. The molecule has 0 heterocycles. The summed E-state index contributed by atoms with van der Waals surface area (Å²) in [5, 5.41) is 0. The van der Waals surface area contributed by atoms with Gasteiger partial charge in [0.05, 0.1) is 0 Å². The molecule has 1 rings (SSSR count). The van der Waals surface area contributed by atoms with Crippen molar-refractivity contribution in [3.63, 3.8) is 0 Å². The first kappa shape index (κ1) is 8.92. The van der Waals surface area contributed by atoms with Crippen molar-refractivity contribution in [1.29, 1.82) is 0 Å². The zero-order valence-electron chi connectivity index (χ0n) is 6.09. The van der Waals surface area contributed by atoms with Crippen molar-refractivity contribution in [2.75, 3.05) is 0 Å². The molecule has 1 heteroatoms. The van der Waals surface area contributed by atoms with E-state index in [1.54, 1.807) is 0 Å². The van der Waals surface area contributed by atoms with Crippen LogP contribution in [0.2, 0.25) is 0 Å². The van der Waals surface area contributed by atoms with E-state index in [4.69, 9.17) is 0 Å². The summed E-state index contributed by atoms with van der Waals surface area (Å²) < 4.78 is 0. The van der Waals surface area contributed by atoms with Gasteiger partial charge in [-0.25, -0.2) is 0 Å². The standard InChI is InChI=1S/C9H10.H2O/c1-8(2)9-6-4-3-5-7-9;/h3-7H,1H2,2H3;1H2. The van der Waals surface area contributed by atoms with Gasteiger partial charge in [0.1, 0.15) is 0 Å². The lowest BCUT2D eigenvalue weighted by atomic mass is 10.1. The van der Waals surface area contributed by atoms with E-state index in [-0.39, 0.29) is 5.48 Å². The molecule has 1 nitrogen and oxygen atoms in total. The fraction of sp³-hybridized carbons (Fsp3) is 0.111. The summed E-state index contributed by atoms with van der Waals surface area (Å²) in [5.41, 5.74) is 2.34. The van der Waals surface area contributed by atoms with Gasteiger partial charge in [0, 0.05) is 0 Å². The molecule has 54 valence electrons. The van der Waals surface area contributed by atoms with Gasteiger partial charge in [0.25, 0.3) is 0 Å². The molecule has 0 saturated heterocycles. The highest BCUT2D eigenvalue weighted by atomic mass is 16.0. The Morgan fingerprint density at radius 1 is 1.20 bits per heavy atom. The van der Waals surface area contributed by atoms with E-state index in [1.807, 2.05) is 25.1 Å². The zero-order valence-corrected chi connectivity index (χ0v) is 6.09. The Balaban J connectivity index is 0.000000810. The molecule has 2 N–H and O–H groups in total. The second kappa shape index (κ2) is 3.85. The Labute approximate surface area is 61.3 Å². The predicted octanol–water partition coefficient (Wildman–Crippen LogP) is 1.90. The van der Waals surface area contributed by atoms with Gasteiger partial charge in [-0.15, -0.1) is 0 Å². The molecule has 10 heavy (non-hydrogen) atoms. The fourth-order valence-corrected chi connectivity index (χ4v) is 0.723. The van der Waals surface area contributed by atoms with E-state index < -0.39 is 0 Å². The van der Waals surface area contributed by atoms with Gasteiger partial charge in [0.2, 0.25) is 0 Å². The summed E-state index contributed by atoms with van der Waals surface area (Å²) in [5.74, 6) is 0. The molecule has 0 amide bonds. The van der Waals surface area contributed by atoms with Crippen LogP contribution >= 0.6 is 0 Å². The van der Waals surface area contributed by atoms with E-state index in [2.05, 4.69) is 18.7 Å². The molecule has 0 fully saturated rings. The fourth-order valence-electron chi connectivity index (χ4n) is 0.723. The molecule has 0 aliphatic carbocycles. The average molecular weight is 136 g/mol. The van der Waals surface area contributed by atoms with Gasteiger partial charge in [-0.05, 0) is 12.5 Å². The van der Waals surface area contributed by atoms with Gasteiger partial charge in [0.15, 0.2) is 0 Å². The maximum Gasteiger partial charge on any atom is -0.0233 e. The molecule has 0 bridgehead atoms. The monoisotopic (exact) mass is 136 g/mol. The van der Waals surface area contributed by atoms with Crippen molar-refractivity contribution in [1.82, 2.24) is 0 Å². The normalized spacial score (nSPS) is 8.10. The van der Waals surface area contributed by atoms with Crippen molar-refractivity contribution in [2.24, 2.45) is 0 Å². The highest BCUT2D eigenvalue weighted by Gasteiger charge is 1.86. The molecule has 0 radical (unpaired) electrons. The van der Waals surface area contributed by atoms with Crippen molar-refractivity contribution in [3.05, 3.63) is 42.5 Å². The maximum atomic E-state index is 3.83. The largest absolute Gasteiger partial charge is 0.412 e. The van der Waals surface area contributed by atoms with E-state index in [9.17, 15) is 0 Å². The number of allylic oxidation sites excluding steroid dienone is 1. The number of hydrogen-bond donors (Lipinski definition) is 0. The quantitative estimate of drug-likeness (QED) is 0.564. The maximum absolute atomic E-state index is 3.83. The molecule has 0 aliphatic rings. The molecule has 0 unspecified atom stereocenters. The Kier molecular flexibility index (Phi) is 3.44. The summed E-state index contributed by atoms with van der Waals surface area (Å²) in [7, 11) is 0. The van der Waals surface area contributed by atoms with E-state index >= 15 is 0 Å². The first-order chi connectivity index (χ1) is 4.30. The Morgan fingerprint density at radius 3 is 2.00 bits per heavy atom. The van der Waals surface area contributed by atoms with Gasteiger partial charge in [-0.3, -0.25) is 0 Å². The lowest BCUT2D eigenvalue weighted by molar-refractivity contribution is 0.824. The lowest BCUT2D eigenvalue weighted by Crippen LogP contribution is -1.72. The molecule has 0 atom stereocenters. The van der Waals surface area contributed by atoms with Gasteiger partial charge < -0.3 is 5.48 Å². The van der Waals surface area contributed by atoms with E-state index in [0.717, 1.165) is 5.57 Å². The minimum Gasteiger partial charge on any atom is -0.412 e. The summed E-state index contributed by atoms with van der Waals surface area (Å²) in [6, 6.07) is 10.2. The topological polar surface area (TPSA) is 31.5 Å². The minimum absolute atomic E-state index is 0. The number of benzene rings is 1. The Hall–Kier alpha value is -1.08. The van der Waals surface area contributed by atoms with Crippen molar-refractivity contribution >= 4 is 5.57 Å². The third-order valence-electron chi connectivity index (χ3n) is 1.27. The van der Waals surface area contributed by atoms with E-state index in [0.29, 0.717) is 0 Å². The van der Waals surface area contributed by atoms with E-state index in [1.165, 1.54) is 5.56 Å². The van der Waals surface area contributed by atoms with Crippen LogP contribution in [0.5, 0.6) is 0 Å². The first-order valence-corrected chi connectivity index (χ1v) is 3.01. The summed E-state index contributed by atoms with van der Waals surface area (Å²) in [4.78, 5) is 0. The third kappa shape index (κ3) is 2.03. The molecule has 0 aromatic heterocycles. The highest BCUT2D eigenvalue weighted by molar-refractivity contribution is 5.60. The van der Waals surface area contributed by atoms with Crippen LogP contribution in [0, 0.1) is 0 Å². The summed E-state index contributed by atoms with van der Waals surface area (Å²) in [6.07, 6.45) is 0. The molecule has 1 aromatic carbocycles. The van der Waals surface area contributed by atoms with Crippen LogP contribution in [0.3, 0.4) is 0 Å². The second-order valence-electron chi connectivity index (χ2n) is 2.15. The highest BCUT2D eigenvalue weighted by Crippen LogP contribution is 2.08. The minimum atomic E-state index is 0. The number of rotatable bonds is 1. The molecule has 0 aliphatic heterocycles. The van der Waals surface area contributed by atoms with Crippen LogP contribution in [-0.4, -0.2) is 5.48 Å². The SMILES string of the molecule is C=C(C)c1ccccc1.O. The molecule has 0 spiro atoms. The summed E-state index contributed by atoms with van der Waals surface area (Å²) >= 11 is 0. The lowest BCUT2D eigenvalue weighted by Gasteiger charge is -1.94. The zero-order chi connectivity index (χ0) is 6.69. The van der Waals surface area contributed by atoms with Crippen LogP contribution in [0.4, 0.5) is 0 Å². The second-order valence-corrected chi connectivity index (χ2v) is 2.15. The Morgan fingerprint density at radius 2 is 1.70 bits per heavy atom. The van der Waals surface area contributed by atoms with Crippen LogP contribution in [0.25, 0.3) is 5.57 Å². The van der Waals surface area contributed by atoms with Crippen molar-refractivity contribution in [3.8, 4) is 0 Å². The van der Waals surface area contributed by atoms with Crippen LogP contribution in [0.1, 0.15) is 12.5 Å². The molecule has 0 saturated carbocycles. The predicted molar refractivity (Wildman–Crippen MR) is 44.8 cm³/mol. The third-order valence-corrected chi connectivity index (χ3v) is 1.27. The van der Waals surface area contributed by atoms with Gasteiger partial charge in [-0.2, -0.15) is 0 Å².